The second kappa shape index (κ2) is 6.65. The van der Waals surface area contributed by atoms with Gasteiger partial charge in [-0.15, -0.1) is 0 Å². The molecule has 2 saturated carbocycles. The summed E-state index contributed by atoms with van der Waals surface area (Å²) in [5, 5.41) is 2.84. The van der Waals surface area contributed by atoms with Gasteiger partial charge >= 0.3 is 0 Å². The van der Waals surface area contributed by atoms with Crippen molar-refractivity contribution in [3.8, 4) is 0 Å². The van der Waals surface area contributed by atoms with Gasteiger partial charge in [0.1, 0.15) is 0 Å². The Morgan fingerprint density at radius 3 is 2.38 bits per heavy atom. The van der Waals surface area contributed by atoms with Crippen molar-refractivity contribution < 1.29 is 13.2 Å². The van der Waals surface area contributed by atoms with Crippen molar-refractivity contribution in [1.82, 2.24) is 9.62 Å². The molecule has 2 aliphatic rings. The van der Waals surface area contributed by atoms with Crippen LogP contribution < -0.4 is 5.32 Å². The maximum atomic E-state index is 12.9. The van der Waals surface area contributed by atoms with Gasteiger partial charge < -0.3 is 5.32 Å². The fourth-order valence-corrected chi connectivity index (χ4v) is 6.06. The number of nitrogens with one attached hydrogen (secondary N) is 1. The highest BCUT2D eigenvalue weighted by Crippen LogP contribution is 2.35. The molecule has 0 aromatic rings. The summed E-state index contributed by atoms with van der Waals surface area (Å²) in [4.78, 5) is 11.0. The maximum Gasteiger partial charge on any atom is 0.216 e. The van der Waals surface area contributed by atoms with Crippen molar-refractivity contribution in [3.05, 3.63) is 0 Å². The van der Waals surface area contributed by atoms with Crippen LogP contribution in [-0.2, 0) is 14.8 Å². The Morgan fingerprint density at radius 1 is 1.29 bits per heavy atom. The molecule has 0 saturated heterocycles. The van der Waals surface area contributed by atoms with Crippen LogP contribution in [0.4, 0.5) is 0 Å². The van der Waals surface area contributed by atoms with Gasteiger partial charge in [-0.3, -0.25) is 4.79 Å². The number of hydrogen-bond donors (Lipinski definition) is 1. The van der Waals surface area contributed by atoms with Gasteiger partial charge in [0, 0.05) is 12.1 Å². The number of carbonyl (C=O) groups excluding carboxylic acids is 1. The highest BCUT2D eigenvalue weighted by atomic mass is 32.2. The van der Waals surface area contributed by atoms with Crippen molar-refractivity contribution in [2.24, 2.45) is 0 Å². The molecule has 0 aliphatic heterocycles. The van der Waals surface area contributed by atoms with Crippen molar-refractivity contribution in [3.63, 3.8) is 0 Å². The van der Waals surface area contributed by atoms with Crippen LogP contribution in [0.15, 0.2) is 0 Å². The summed E-state index contributed by atoms with van der Waals surface area (Å²) >= 11 is 0. The zero-order valence-electron chi connectivity index (χ0n) is 13.2. The van der Waals surface area contributed by atoms with E-state index in [1.165, 1.54) is 0 Å². The molecule has 1 amide bonds. The number of rotatable bonds is 8. The molecule has 5 nitrogen and oxygen atoms in total. The summed E-state index contributed by atoms with van der Waals surface area (Å²) < 4.78 is 27.6. The van der Waals surface area contributed by atoms with E-state index in [0.29, 0.717) is 6.41 Å². The molecule has 1 atom stereocenters. The molecule has 0 heterocycles. The van der Waals surface area contributed by atoms with Crippen LogP contribution in [0, 0.1) is 0 Å². The third-order valence-electron chi connectivity index (χ3n) is 4.89. The van der Waals surface area contributed by atoms with Crippen molar-refractivity contribution >= 4 is 16.4 Å². The molecular formula is C15H28N2O3S. The summed E-state index contributed by atoms with van der Waals surface area (Å²) in [6.07, 6.45) is 8.07. The quantitative estimate of drug-likeness (QED) is 0.697. The van der Waals surface area contributed by atoms with E-state index < -0.39 is 15.6 Å². The van der Waals surface area contributed by atoms with Crippen molar-refractivity contribution in [2.45, 2.75) is 82.8 Å². The van der Waals surface area contributed by atoms with E-state index in [1.54, 1.807) is 4.31 Å². The lowest BCUT2D eigenvalue weighted by Crippen LogP contribution is -2.55. The lowest BCUT2D eigenvalue weighted by molar-refractivity contribution is -0.111. The van der Waals surface area contributed by atoms with Crippen molar-refractivity contribution in [2.75, 3.05) is 5.75 Å². The molecule has 0 aromatic carbocycles. The summed E-state index contributed by atoms with van der Waals surface area (Å²) in [6, 6.07) is 0.223. The predicted molar refractivity (Wildman–Crippen MR) is 83.4 cm³/mol. The average molecular weight is 316 g/mol. The second-order valence-corrected chi connectivity index (χ2v) is 8.55. The summed E-state index contributed by atoms with van der Waals surface area (Å²) in [5.41, 5.74) is -0.556. The molecule has 122 valence electrons. The number of nitrogens with zero attached hydrogens (tertiary/aromatic N) is 1. The highest BCUT2D eigenvalue weighted by Gasteiger charge is 2.44. The molecule has 1 N–H and O–H groups in total. The van der Waals surface area contributed by atoms with Gasteiger partial charge in [0.2, 0.25) is 16.4 Å². The number of amides is 1. The Kier molecular flexibility index (Phi) is 5.30. The molecular weight excluding hydrogens is 288 g/mol. The molecule has 2 fully saturated rings. The molecule has 6 heteroatoms. The van der Waals surface area contributed by atoms with Crippen molar-refractivity contribution in [1.29, 1.82) is 0 Å². The smallest absolute Gasteiger partial charge is 0.216 e. The Hall–Kier alpha value is -0.620. The Morgan fingerprint density at radius 2 is 1.90 bits per heavy atom. The van der Waals surface area contributed by atoms with Crippen LogP contribution in [0.3, 0.4) is 0 Å². The van der Waals surface area contributed by atoms with Crippen LogP contribution in [0.1, 0.15) is 65.2 Å². The van der Waals surface area contributed by atoms with E-state index in [-0.39, 0.29) is 17.8 Å². The minimum absolute atomic E-state index is 0.0411. The zero-order valence-corrected chi connectivity index (χ0v) is 14.0. The third-order valence-corrected chi connectivity index (χ3v) is 7.11. The molecule has 2 aliphatic carbocycles. The third kappa shape index (κ3) is 3.97. The first-order valence-corrected chi connectivity index (χ1v) is 9.77. The second-order valence-electron chi connectivity index (χ2n) is 6.68. The Bertz CT molecular complexity index is 454. The summed E-state index contributed by atoms with van der Waals surface area (Å²) in [7, 11) is -3.34. The van der Waals surface area contributed by atoms with E-state index in [1.807, 2.05) is 13.8 Å². The van der Waals surface area contributed by atoms with E-state index >= 15 is 0 Å². The van der Waals surface area contributed by atoms with Crippen LogP contribution >= 0.6 is 0 Å². The van der Waals surface area contributed by atoms with E-state index in [4.69, 9.17) is 0 Å². The standard InChI is InChI=1S/C15H28N2O3S/c1-3-13(2)17(14-7-8-14)21(19,20)11-15(16-12-18)9-5-4-6-10-15/h12-14H,3-11H2,1-2H3,(H,16,18). The van der Waals surface area contributed by atoms with Crippen LogP contribution in [0.2, 0.25) is 0 Å². The fraction of sp³-hybridized carbons (Fsp3) is 0.933. The van der Waals surface area contributed by atoms with Gasteiger partial charge in [-0.05, 0) is 39.0 Å². The van der Waals surface area contributed by atoms with Crippen LogP contribution in [-0.4, -0.2) is 42.5 Å². The number of carbonyl (C=O) groups is 1. The monoisotopic (exact) mass is 316 g/mol. The minimum Gasteiger partial charge on any atom is -0.352 e. The lowest BCUT2D eigenvalue weighted by atomic mass is 9.83. The van der Waals surface area contributed by atoms with E-state index in [2.05, 4.69) is 5.32 Å². The molecule has 0 bridgehead atoms. The molecule has 0 radical (unpaired) electrons. The normalized spacial score (nSPS) is 23.8. The lowest BCUT2D eigenvalue weighted by Gasteiger charge is -2.39. The molecule has 0 spiro atoms. The van der Waals surface area contributed by atoms with Crippen LogP contribution in [0.5, 0.6) is 0 Å². The molecule has 2 rings (SSSR count). The first-order chi connectivity index (χ1) is 9.94. The van der Waals surface area contributed by atoms with Gasteiger partial charge in [0.15, 0.2) is 0 Å². The summed E-state index contributed by atoms with van der Waals surface area (Å²) in [5.74, 6) is 0.0551. The minimum atomic E-state index is -3.34. The molecule has 21 heavy (non-hydrogen) atoms. The molecule has 0 aromatic heterocycles. The number of hydrogen-bond acceptors (Lipinski definition) is 3. The van der Waals surface area contributed by atoms with Gasteiger partial charge in [-0.1, -0.05) is 26.2 Å². The first kappa shape index (κ1) is 16.7. The fourth-order valence-electron chi connectivity index (χ4n) is 3.48. The van der Waals surface area contributed by atoms with Gasteiger partial charge in [0.05, 0.1) is 11.3 Å². The van der Waals surface area contributed by atoms with E-state index in [0.717, 1.165) is 51.4 Å². The zero-order chi connectivity index (χ0) is 15.5. The maximum absolute atomic E-state index is 12.9. The number of sulfonamides is 1. The Labute approximate surface area is 128 Å². The first-order valence-electron chi connectivity index (χ1n) is 8.17. The Balaban J connectivity index is 2.18. The summed E-state index contributed by atoms with van der Waals surface area (Å²) in [6.45, 7) is 4.01. The molecule has 1 unspecified atom stereocenters. The van der Waals surface area contributed by atoms with Crippen LogP contribution in [0.25, 0.3) is 0 Å². The van der Waals surface area contributed by atoms with Gasteiger partial charge in [0.25, 0.3) is 0 Å². The average Bonchev–Trinajstić information content (AvgIpc) is 3.23. The van der Waals surface area contributed by atoms with Gasteiger partial charge in [-0.2, -0.15) is 4.31 Å². The SMILES string of the molecule is CCC(C)N(C1CC1)S(=O)(=O)CC1(NC=O)CCCCC1. The van der Waals surface area contributed by atoms with E-state index in [9.17, 15) is 13.2 Å². The topological polar surface area (TPSA) is 66.5 Å². The predicted octanol–water partition coefficient (Wildman–Crippen LogP) is 2.03. The highest BCUT2D eigenvalue weighted by molar-refractivity contribution is 7.89. The largest absolute Gasteiger partial charge is 0.352 e. The van der Waals surface area contributed by atoms with Gasteiger partial charge in [-0.25, -0.2) is 8.42 Å².